The van der Waals surface area contributed by atoms with Gasteiger partial charge in [-0.05, 0) is 25.1 Å². The number of anilines is 1. The van der Waals surface area contributed by atoms with Crippen LogP contribution in [0.1, 0.15) is 12.5 Å². The van der Waals surface area contributed by atoms with Gasteiger partial charge in [0, 0.05) is 38.3 Å². The Kier molecular flexibility index (Phi) is 5.27. The largest absolute Gasteiger partial charge is 0.490 e. The van der Waals surface area contributed by atoms with Crippen LogP contribution >= 0.6 is 0 Å². The molecule has 2 aromatic carbocycles. The number of nitrogens with one attached hydrogen (secondary N) is 1. The van der Waals surface area contributed by atoms with Gasteiger partial charge in [0.05, 0.1) is 11.7 Å². The molecule has 6 nitrogen and oxygen atoms in total. The topological polar surface area (TPSA) is 61.9 Å². The Morgan fingerprint density at radius 3 is 2.61 bits per heavy atom. The van der Waals surface area contributed by atoms with Crippen molar-refractivity contribution in [3.8, 4) is 5.75 Å². The van der Waals surface area contributed by atoms with Gasteiger partial charge in [-0.3, -0.25) is 4.90 Å². The maximum atomic E-state index is 13.9. The Morgan fingerprint density at radius 2 is 1.86 bits per heavy atom. The first kappa shape index (κ1) is 19.2. The van der Waals surface area contributed by atoms with Gasteiger partial charge in [0.2, 0.25) is 10.0 Å². The molecule has 8 heteroatoms. The van der Waals surface area contributed by atoms with Crippen LogP contribution in [0.5, 0.6) is 5.75 Å². The van der Waals surface area contributed by atoms with Gasteiger partial charge in [-0.15, -0.1) is 0 Å². The molecular formula is C20H24FN3O3S. The molecule has 0 amide bonds. The van der Waals surface area contributed by atoms with E-state index in [2.05, 4.69) is 14.5 Å². The lowest BCUT2D eigenvalue weighted by atomic mass is 10.1. The van der Waals surface area contributed by atoms with Crippen LogP contribution in [0.2, 0.25) is 0 Å². The highest BCUT2D eigenvalue weighted by molar-refractivity contribution is 7.89. The minimum atomic E-state index is -3.66. The molecule has 1 atom stereocenters. The number of hydrogen-bond acceptors (Lipinski definition) is 5. The van der Waals surface area contributed by atoms with Gasteiger partial charge >= 0.3 is 0 Å². The van der Waals surface area contributed by atoms with Crippen molar-refractivity contribution >= 4 is 15.7 Å². The predicted molar refractivity (Wildman–Crippen MR) is 106 cm³/mol. The Hall–Kier alpha value is -2.16. The molecule has 28 heavy (non-hydrogen) atoms. The van der Waals surface area contributed by atoms with Crippen molar-refractivity contribution in [1.82, 2.24) is 9.62 Å². The minimum absolute atomic E-state index is 0.193. The summed E-state index contributed by atoms with van der Waals surface area (Å²) < 4.78 is 48.0. The summed E-state index contributed by atoms with van der Waals surface area (Å²) in [5.74, 6) is 0.199. The van der Waals surface area contributed by atoms with Crippen LogP contribution in [0.15, 0.2) is 47.4 Å². The Labute approximate surface area is 165 Å². The van der Waals surface area contributed by atoms with Crippen molar-refractivity contribution in [3.05, 3.63) is 53.8 Å². The van der Waals surface area contributed by atoms with Gasteiger partial charge in [-0.25, -0.2) is 17.5 Å². The van der Waals surface area contributed by atoms with Crippen LogP contribution in [0, 0.1) is 5.82 Å². The third-order valence-electron chi connectivity index (χ3n) is 5.14. The molecule has 2 heterocycles. The van der Waals surface area contributed by atoms with Gasteiger partial charge in [0.25, 0.3) is 0 Å². The highest BCUT2D eigenvalue weighted by Crippen LogP contribution is 2.36. The molecule has 150 valence electrons. The smallest absolute Gasteiger partial charge is 0.246 e. The van der Waals surface area contributed by atoms with Crippen molar-refractivity contribution in [1.29, 1.82) is 0 Å². The Bertz CT molecular complexity index is 959. The number of rotatable bonds is 3. The van der Waals surface area contributed by atoms with E-state index in [1.54, 1.807) is 25.1 Å². The number of sulfonamides is 1. The van der Waals surface area contributed by atoms with E-state index in [1.807, 2.05) is 18.2 Å². The molecule has 4 rings (SSSR count). The number of piperazine rings is 1. The highest BCUT2D eigenvalue weighted by atomic mass is 32.2. The van der Waals surface area contributed by atoms with E-state index in [0.29, 0.717) is 43.2 Å². The molecule has 0 bridgehead atoms. The SMILES string of the molecule is C[C@@H]1COc2cccc(N3CCN(Cc4ccccc4F)CC3)c2S(=O)(=O)N1. The lowest BCUT2D eigenvalue weighted by Gasteiger charge is -2.37. The molecule has 0 unspecified atom stereocenters. The third-order valence-corrected chi connectivity index (χ3v) is 6.80. The van der Waals surface area contributed by atoms with Crippen LogP contribution in [0.25, 0.3) is 0 Å². The molecule has 0 aromatic heterocycles. The van der Waals surface area contributed by atoms with Crippen LogP contribution < -0.4 is 14.4 Å². The molecule has 0 aliphatic carbocycles. The molecule has 0 saturated carbocycles. The van der Waals surface area contributed by atoms with E-state index in [9.17, 15) is 12.8 Å². The summed E-state index contributed by atoms with van der Waals surface area (Å²) in [6, 6.07) is 11.9. The number of halogens is 1. The maximum absolute atomic E-state index is 13.9. The van der Waals surface area contributed by atoms with Crippen molar-refractivity contribution in [2.24, 2.45) is 0 Å². The van der Waals surface area contributed by atoms with Crippen LogP contribution in [0.4, 0.5) is 10.1 Å². The van der Waals surface area contributed by atoms with E-state index in [0.717, 1.165) is 13.1 Å². The summed E-state index contributed by atoms with van der Waals surface area (Å²) in [6.07, 6.45) is 0. The highest BCUT2D eigenvalue weighted by Gasteiger charge is 2.32. The van der Waals surface area contributed by atoms with E-state index in [1.165, 1.54) is 6.07 Å². The lowest BCUT2D eigenvalue weighted by Crippen LogP contribution is -2.46. The number of benzene rings is 2. The fourth-order valence-electron chi connectivity index (χ4n) is 3.72. The number of fused-ring (bicyclic) bond motifs is 1. The first-order valence-corrected chi connectivity index (χ1v) is 10.9. The number of ether oxygens (including phenoxy) is 1. The number of hydrogen-bond donors (Lipinski definition) is 1. The molecule has 1 saturated heterocycles. The molecule has 2 aliphatic rings. The van der Waals surface area contributed by atoms with Crippen molar-refractivity contribution in [3.63, 3.8) is 0 Å². The summed E-state index contributed by atoms with van der Waals surface area (Å²) >= 11 is 0. The minimum Gasteiger partial charge on any atom is -0.490 e. The zero-order valence-corrected chi connectivity index (χ0v) is 16.6. The fourth-order valence-corrected chi connectivity index (χ4v) is 5.30. The summed E-state index contributed by atoms with van der Waals surface area (Å²) in [5.41, 5.74) is 1.34. The molecular weight excluding hydrogens is 381 g/mol. The molecule has 2 aromatic rings. The first-order valence-electron chi connectivity index (χ1n) is 9.43. The summed E-state index contributed by atoms with van der Waals surface area (Å²) in [6.45, 7) is 5.40. The van der Waals surface area contributed by atoms with E-state index >= 15 is 0 Å². The van der Waals surface area contributed by atoms with Gasteiger partial charge in [0.15, 0.2) is 0 Å². The van der Waals surface area contributed by atoms with Gasteiger partial charge in [-0.1, -0.05) is 24.3 Å². The van der Waals surface area contributed by atoms with Crippen molar-refractivity contribution in [2.75, 3.05) is 37.7 Å². The second-order valence-electron chi connectivity index (χ2n) is 7.29. The van der Waals surface area contributed by atoms with Gasteiger partial charge in [-0.2, -0.15) is 0 Å². The van der Waals surface area contributed by atoms with Gasteiger partial charge in [0.1, 0.15) is 23.1 Å². The van der Waals surface area contributed by atoms with Crippen LogP contribution in [0.3, 0.4) is 0 Å². The first-order chi connectivity index (χ1) is 13.4. The third kappa shape index (κ3) is 3.85. The molecule has 1 N–H and O–H groups in total. The fraction of sp³-hybridized carbons (Fsp3) is 0.400. The van der Waals surface area contributed by atoms with Gasteiger partial charge < -0.3 is 9.64 Å². The van der Waals surface area contributed by atoms with Crippen molar-refractivity contribution in [2.45, 2.75) is 24.4 Å². The second kappa shape index (κ2) is 7.69. The standard InChI is InChI=1S/C20H24FN3O3S/c1-15-14-27-19-8-4-7-18(20(19)28(25,26)22-15)24-11-9-23(10-12-24)13-16-5-2-3-6-17(16)21/h2-8,15,22H,9-14H2,1H3/t15-/m1/s1. The summed E-state index contributed by atoms with van der Waals surface area (Å²) in [4.78, 5) is 4.46. The summed E-state index contributed by atoms with van der Waals surface area (Å²) in [7, 11) is -3.66. The molecule has 2 aliphatic heterocycles. The average Bonchev–Trinajstić information content (AvgIpc) is 2.79. The molecule has 1 fully saturated rings. The maximum Gasteiger partial charge on any atom is 0.246 e. The second-order valence-corrected chi connectivity index (χ2v) is 8.94. The van der Waals surface area contributed by atoms with E-state index in [4.69, 9.17) is 4.74 Å². The zero-order chi connectivity index (χ0) is 19.7. The normalized spacial score (nSPS) is 22.2. The zero-order valence-electron chi connectivity index (χ0n) is 15.8. The van der Waals surface area contributed by atoms with Crippen LogP contribution in [-0.2, 0) is 16.6 Å². The predicted octanol–water partition coefficient (Wildman–Crippen LogP) is 2.21. The van der Waals surface area contributed by atoms with Crippen LogP contribution in [-0.4, -0.2) is 52.1 Å². The average molecular weight is 405 g/mol. The number of nitrogens with zero attached hydrogens (tertiary/aromatic N) is 2. The molecule has 0 spiro atoms. The monoisotopic (exact) mass is 405 g/mol. The Morgan fingerprint density at radius 1 is 1.11 bits per heavy atom. The summed E-state index contributed by atoms with van der Waals surface area (Å²) in [5, 5.41) is 0. The van der Waals surface area contributed by atoms with E-state index < -0.39 is 10.0 Å². The lowest BCUT2D eigenvalue weighted by molar-refractivity contribution is 0.246. The quantitative estimate of drug-likeness (QED) is 0.848. The van der Waals surface area contributed by atoms with Crippen molar-refractivity contribution < 1.29 is 17.5 Å². The Balaban J connectivity index is 1.52. The molecule has 0 radical (unpaired) electrons. The van der Waals surface area contributed by atoms with E-state index in [-0.39, 0.29) is 16.8 Å².